The number of hydrogen-bond donors (Lipinski definition) is 3. The van der Waals surface area contributed by atoms with Crippen LogP contribution in [0.3, 0.4) is 0 Å². The Morgan fingerprint density at radius 3 is 2.34 bits per heavy atom. The molecule has 2 amide bonds. The summed E-state index contributed by atoms with van der Waals surface area (Å²) in [5.41, 5.74) is 9.59. The highest BCUT2D eigenvalue weighted by molar-refractivity contribution is 6.18. The van der Waals surface area contributed by atoms with Crippen molar-refractivity contribution in [2.75, 3.05) is 35.1 Å². The van der Waals surface area contributed by atoms with Crippen molar-refractivity contribution in [3.8, 4) is 22.4 Å². The van der Waals surface area contributed by atoms with E-state index in [9.17, 15) is 4.79 Å². The normalized spacial score (nSPS) is 10.9. The number of aromatic nitrogens is 1. The van der Waals surface area contributed by atoms with Gasteiger partial charge in [0.05, 0.1) is 11.2 Å². The fraction of sp³-hybridized carbons (Fsp3) is 0.185. The number of carbonyl (C=O) groups is 1. The molecule has 8 heteroatoms. The zero-order valence-corrected chi connectivity index (χ0v) is 20.9. The van der Waals surface area contributed by atoms with Gasteiger partial charge in [0.25, 0.3) is 0 Å². The number of alkyl halides is 2. The molecular weight excluding hydrogens is 481 g/mol. The van der Waals surface area contributed by atoms with Gasteiger partial charge in [0.1, 0.15) is 0 Å². The van der Waals surface area contributed by atoms with Crippen LogP contribution < -0.4 is 21.5 Å². The minimum Gasteiger partial charge on any atom is -0.369 e. The van der Waals surface area contributed by atoms with Gasteiger partial charge in [0, 0.05) is 52.7 Å². The molecule has 4 aromatic rings. The third kappa shape index (κ3) is 5.51. The smallest absolute Gasteiger partial charge is 0.333 e. The number of nitrogens with two attached hydrogens (primary N) is 1. The van der Waals surface area contributed by atoms with Gasteiger partial charge in [-0.3, -0.25) is 5.43 Å². The zero-order chi connectivity index (χ0) is 24.8. The zero-order valence-electron chi connectivity index (χ0n) is 19.4. The minimum absolute atomic E-state index is 0.456. The Balaban J connectivity index is 2.00. The van der Waals surface area contributed by atoms with E-state index in [0.29, 0.717) is 30.5 Å². The summed E-state index contributed by atoms with van der Waals surface area (Å²) >= 11 is 12.3. The molecule has 0 bridgehead atoms. The summed E-state index contributed by atoms with van der Waals surface area (Å²) in [5, 5.41) is 3.78. The van der Waals surface area contributed by atoms with Crippen molar-refractivity contribution in [3.05, 3.63) is 78.4 Å². The van der Waals surface area contributed by atoms with Crippen LogP contribution in [0, 0.1) is 6.92 Å². The van der Waals surface area contributed by atoms with Crippen molar-refractivity contribution < 1.29 is 4.79 Å². The number of nitrogens with one attached hydrogen (secondary N) is 2. The van der Waals surface area contributed by atoms with Gasteiger partial charge in [0.2, 0.25) is 0 Å². The van der Waals surface area contributed by atoms with Crippen LogP contribution in [0.1, 0.15) is 5.56 Å². The average Bonchev–Trinajstić information content (AvgIpc) is 2.88. The highest BCUT2D eigenvalue weighted by Gasteiger charge is 2.18. The number of hydrogen-bond acceptors (Lipinski definition) is 4. The van der Waals surface area contributed by atoms with Gasteiger partial charge in [-0.05, 0) is 48.4 Å². The fourth-order valence-electron chi connectivity index (χ4n) is 4.23. The number of carbonyl (C=O) groups excluding carboxylic acids is 1. The summed E-state index contributed by atoms with van der Waals surface area (Å²) in [5.74, 6) is 6.20. The second-order valence-corrected chi connectivity index (χ2v) is 8.84. The van der Waals surface area contributed by atoms with Crippen LogP contribution in [0.5, 0.6) is 0 Å². The molecule has 0 radical (unpaired) electrons. The number of fused-ring (bicyclic) bond motifs is 1. The molecule has 0 aliphatic carbocycles. The summed E-state index contributed by atoms with van der Waals surface area (Å²) in [7, 11) is 0. The van der Waals surface area contributed by atoms with Crippen molar-refractivity contribution in [2.45, 2.75) is 6.92 Å². The van der Waals surface area contributed by atoms with Crippen molar-refractivity contribution in [1.82, 2.24) is 10.4 Å². The van der Waals surface area contributed by atoms with E-state index in [2.05, 4.69) is 46.8 Å². The van der Waals surface area contributed by atoms with E-state index in [-0.39, 0.29) is 0 Å². The van der Waals surface area contributed by atoms with Gasteiger partial charge in [0.15, 0.2) is 0 Å². The predicted octanol–water partition coefficient (Wildman–Crippen LogP) is 6.16. The summed E-state index contributed by atoms with van der Waals surface area (Å²) < 4.78 is 0. The molecule has 0 fully saturated rings. The van der Waals surface area contributed by atoms with E-state index >= 15 is 0 Å². The number of urea groups is 1. The van der Waals surface area contributed by atoms with Gasteiger partial charge in [-0.1, -0.05) is 42.5 Å². The molecule has 1 heterocycles. The van der Waals surface area contributed by atoms with Gasteiger partial charge in [-0.15, -0.1) is 23.2 Å². The molecule has 0 saturated carbocycles. The van der Waals surface area contributed by atoms with Crippen LogP contribution in [0.25, 0.3) is 33.3 Å². The first kappa shape index (κ1) is 24.8. The largest absolute Gasteiger partial charge is 0.369 e. The molecule has 1 aromatic heterocycles. The lowest BCUT2D eigenvalue weighted by Crippen LogP contribution is -2.34. The summed E-state index contributed by atoms with van der Waals surface area (Å²) in [6, 6.07) is 23.6. The second kappa shape index (κ2) is 11.4. The molecule has 3 aromatic carbocycles. The lowest BCUT2D eigenvalue weighted by atomic mass is 9.95. The van der Waals surface area contributed by atoms with E-state index < -0.39 is 6.03 Å². The van der Waals surface area contributed by atoms with Crippen LogP contribution in [-0.4, -0.2) is 35.9 Å². The Hall–Kier alpha value is -3.32. The van der Waals surface area contributed by atoms with E-state index in [1.54, 1.807) is 0 Å². The quantitative estimate of drug-likeness (QED) is 0.115. The number of halogens is 2. The molecule has 0 atom stereocenters. The Morgan fingerprint density at radius 2 is 1.63 bits per heavy atom. The molecule has 0 aliphatic heterocycles. The molecule has 180 valence electrons. The first-order valence-corrected chi connectivity index (χ1v) is 12.4. The molecule has 0 spiro atoms. The maximum atomic E-state index is 11.9. The number of para-hydroxylation sites is 1. The van der Waals surface area contributed by atoms with Gasteiger partial charge >= 0.3 is 6.03 Å². The van der Waals surface area contributed by atoms with Gasteiger partial charge in [-0.2, -0.15) is 0 Å². The third-order valence-electron chi connectivity index (χ3n) is 5.86. The lowest BCUT2D eigenvalue weighted by Gasteiger charge is -2.27. The highest BCUT2D eigenvalue weighted by Crippen LogP contribution is 2.39. The minimum atomic E-state index is -0.498. The average molecular weight is 508 g/mol. The number of hydrazine groups is 1. The van der Waals surface area contributed by atoms with Crippen molar-refractivity contribution in [2.24, 2.45) is 5.84 Å². The number of amides is 2. The molecule has 35 heavy (non-hydrogen) atoms. The first-order valence-electron chi connectivity index (χ1n) is 11.3. The lowest BCUT2D eigenvalue weighted by molar-refractivity contribution is 0.252. The van der Waals surface area contributed by atoms with Crippen LogP contribution in [-0.2, 0) is 0 Å². The molecule has 0 saturated heterocycles. The molecule has 0 aliphatic rings. The fourth-order valence-corrected chi connectivity index (χ4v) is 4.63. The SMILES string of the molecule is Cc1ccccc1-c1cc(-c2cc(NC(=O)NN)ccc2N(CCCl)CCCl)c2ccccc2n1. The second-order valence-electron chi connectivity index (χ2n) is 8.08. The van der Waals surface area contributed by atoms with Crippen molar-refractivity contribution >= 4 is 51.5 Å². The Labute approximate surface area is 215 Å². The molecular formula is C27H27Cl2N5O. The number of nitrogens with zero attached hydrogens (tertiary/aromatic N) is 2. The maximum Gasteiger partial charge on any atom is 0.333 e. The number of benzene rings is 3. The molecule has 6 nitrogen and oxygen atoms in total. The van der Waals surface area contributed by atoms with Crippen molar-refractivity contribution in [3.63, 3.8) is 0 Å². The number of pyridine rings is 1. The Bertz CT molecular complexity index is 1340. The first-order chi connectivity index (χ1) is 17.0. The van der Waals surface area contributed by atoms with Gasteiger partial charge in [-0.25, -0.2) is 15.6 Å². The number of rotatable bonds is 8. The number of anilines is 2. The van der Waals surface area contributed by atoms with E-state index in [4.69, 9.17) is 34.0 Å². The topological polar surface area (TPSA) is 83.3 Å². The molecule has 4 rings (SSSR count). The maximum absolute atomic E-state index is 11.9. The van der Waals surface area contributed by atoms with Crippen LogP contribution >= 0.6 is 23.2 Å². The predicted molar refractivity (Wildman–Crippen MR) is 147 cm³/mol. The summed E-state index contributed by atoms with van der Waals surface area (Å²) in [4.78, 5) is 19.1. The Morgan fingerprint density at radius 1 is 0.914 bits per heavy atom. The monoisotopic (exact) mass is 507 g/mol. The Kier molecular flexibility index (Phi) is 8.08. The molecule has 0 unspecified atom stereocenters. The van der Waals surface area contributed by atoms with Crippen LogP contribution in [0.4, 0.5) is 16.2 Å². The standard InChI is InChI=1S/C27H27Cl2N5O/c1-18-6-2-3-7-20(18)25-17-22(21-8-4-5-9-24(21)32-25)23-16-19(31-27(35)33-30)10-11-26(23)34(14-12-28)15-13-29/h2-11,16-17H,12-15,30H2,1H3,(H2,31,33,35). The number of aryl methyl sites for hydroxylation is 1. The third-order valence-corrected chi connectivity index (χ3v) is 6.20. The van der Waals surface area contributed by atoms with E-state index in [1.165, 1.54) is 0 Å². The van der Waals surface area contributed by atoms with E-state index in [1.807, 2.05) is 48.5 Å². The summed E-state index contributed by atoms with van der Waals surface area (Å²) in [6.45, 7) is 3.34. The highest BCUT2D eigenvalue weighted by atomic mass is 35.5. The molecule has 4 N–H and O–H groups in total. The van der Waals surface area contributed by atoms with Crippen LogP contribution in [0.15, 0.2) is 72.8 Å². The van der Waals surface area contributed by atoms with Crippen LogP contribution in [0.2, 0.25) is 0 Å². The van der Waals surface area contributed by atoms with Crippen molar-refractivity contribution in [1.29, 1.82) is 0 Å². The summed E-state index contributed by atoms with van der Waals surface area (Å²) in [6.07, 6.45) is 0. The van der Waals surface area contributed by atoms with Gasteiger partial charge < -0.3 is 10.2 Å². The van der Waals surface area contributed by atoms with E-state index in [0.717, 1.165) is 44.5 Å².